The summed E-state index contributed by atoms with van der Waals surface area (Å²) < 4.78 is 0. The Kier molecular flexibility index (Phi) is 7.13. The van der Waals surface area contributed by atoms with E-state index in [0.29, 0.717) is 44.9 Å². The normalized spacial score (nSPS) is 18.2. The molecule has 2 amide bonds. The highest BCUT2D eigenvalue weighted by molar-refractivity contribution is 6.02. The zero-order chi connectivity index (χ0) is 25.9. The number of pyridine rings is 1. The van der Waals surface area contributed by atoms with Crippen LogP contribution < -0.4 is 0 Å². The van der Waals surface area contributed by atoms with E-state index in [4.69, 9.17) is 6.57 Å². The molecule has 0 N–H and O–H groups in total. The molecule has 0 spiro atoms. The lowest BCUT2D eigenvalue weighted by molar-refractivity contribution is 0.0609. The Morgan fingerprint density at radius 2 is 1.67 bits per heavy atom. The van der Waals surface area contributed by atoms with Crippen LogP contribution in [0.2, 0.25) is 0 Å². The number of likely N-dealkylation sites (tertiary alicyclic amines) is 2. The maximum atomic E-state index is 13.4. The Morgan fingerprint density at radius 1 is 1.06 bits per heavy atom. The Morgan fingerprint density at radius 3 is 2.22 bits per heavy atom. The zero-order valence-electron chi connectivity index (χ0n) is 21.3. The summed E-state index contributed by atoms with van der Waals surface area (Å²) >= 11 is 0. The van der Waals surface area contributed by atoms with Gasteiger partial charge in [0, 0.05) is 37.9 Å². The highest BCUT2D eigenvalue weighted by Crippen LogP contribution is 2.36. The van der Waals surface area contributed by atoms with Crippen molar-refractivity contribution >= 4 is 17.5 Å². The van der Waals surface area contributed by atoms with Crippen LogP contribution in [-0.4, -0.2) is 52.8 Å². The molecule has 0 radical (unpaired) electrons. The second-order valence-corrected chi connectivity index (χ2v) is 11.0. The van der Waals surface area contributed by atoms with E-state index in [1.54, 1.807) is 9.80 Å². The van der Waals surface area contributed by atoms with Crippen molar-refractivity contribution in [3.8, 4) is 6.07 Å². The molecule has 0 unspecified atom stereocenters. The first-order chi connectivity index (χ1) is 17.2. The minimum absolute atomic E-state index is 0.166. The fraction of sp³-hybridized carbons (Fsp3) is 0.483. The number of nitriles is 1. The number of piperidine rings is 2. The third-order valence-corrected chi connectivity index (χ3v) is 7.90. The van der Waals surface area contributed by atoms with Crippen molar-refractivity contribution in [3.05, 3.63) is 70.8 Å². The van der Waals surface area contributed by atoms with Gasteiger partial charge in [0.2, 0.25) is 11.6 Å². The molecule has 4 rings (SSSR count). The Balaban J connectivity index is 1.48. The number of rotatable bonds is 3. The smallest absolute Gasteiger partial charge is 0.272 e. The third-order valence-electron chi connectivity index (χ3n) is 7.90. The Labute approximate surface area is 213 Å². The summed E-state index contributed by atoms with van der Waals surface area (Å²) in [6, 6.07) is 13.7. The maximum Gasteiger partial charge on any atom is 0.272 e. The van der Waals surface area contributed by atoms with E-state index in [2.05, 4.69) is 36.7 Å². The molecule has 2 aliphatic rings. The number of hydrogen-bond acceptors (Lipinski definition) is 4. The van der Waals surface area contributed by atoms with E-state index in [1.165, 1.54) is 12.3 Å². The number of carbonyl (C=O) groups is 2. The number of benzene rings is 1. The van der Waals surface area contributed by atoms with E-state index in [-0.39, 0.29) is 34.2 Å². The highest BCUT2D eigenvalue weighted by Gasteiger charge is 2.38. The minimum atomic E-state index is -0.611. The Hall–Kier alpha value is -3.71. The molecule has 7 heteroatoms. The number of carbonyl (C=O) groups excluding carboxylic acids is 2. The lowest BCUT2D eigenvalue weighted by atomic mass is 9.74. The summed E-state index contributed by atoms with van der Waals surface area (Å²) in [6.45, 7) is 16.3. The van der Waals surface area contributed by atoms with Gasteiger partial charge in [0.15, 0.2) is 0 Å². The molecule has 2 fully saturated rings. The summed E-state index contributed by atoms with van der Waals surface area (Å²) in [6.07, 6.45) is 4.26. The van der Waals surface area contributed by atoms with Gasteiger partial charge in [-0.05, 0) is 48.6 Å². The van der Waals surface area contributed by atoms with Crippen molar-refractivity contribution in [3.63, 3.8) is 0 Å². The lowest BCUT2D eigenvalue weighted by Gasteiger charge is -2.39. The van der Waals surface area contributed by atoms with Gasteiger partial charge in [-0.1, -0.05) is 51.1 Å². The molecule has 2 aromatic rings. The number of nitrogens with zero attached hydrogens (tertiary/aromatic N) is 5. The monoisotopic (exact) mass is 483 g/mol. The van der Waals surface area contributed by atoms with Crippen molar-refractivity contribution in [2.24, 2.45) is 11.3 Å². The predicted molar refractivity (Wildman–Crippen MR) is 137 cm³/mol. The zero-order valence-corrected chi connectivity index (χ0v) is 21.3. The van der Waals surface area contributed by atoms with Crippen LogP contribution in [0.5, 0.6) is 0 Å². The second kappa shape index (κ2) is 10.1. The molecule has 0 atom stereocenters. The highest BCUT2D eigenvalue weighted by atomic mass is 16.2. The third kappa shape index (κ3) is 4.97. The largest absolute Gasteiger partial charge is 0.340 e. The summed E-state index contributed by atoms with van der Waals surface area (Å²) in [5.74, 6) is 0.0645. The second-order valence-electron chi connectivity index (χ2n) is 11.0. The van der Waals surface area contributed by atoms with E-state index in [0.717, 1.165) is 18.4 Å². The van der Waals surface area contributed by atoms with Gasteiger partial charge in [-0.15, -0.1) is 0 Å². The SMILES string of the molecule is [C-]#[N+]c1cnc(C(=O)N2CCC(C#N)(c3ccccc3)CC2)cc1C(=O)N1CCC(C(C)(C)C)CC1. The van der Waals surface area contributed by atoms with Gasteiger partial charge in [-0.3, -0.25) is 14.6 Å². The van der Waals surface area contributed by atoms with Gasteiger partial charge in [-0.25, -0.2) is 4.85 Å². The molecule has 7 nitrogen and oxygen atoms in total. The predicted octanol–water partition coefficient (Wildman–Crippen LogP) is 5.23. The van der Waals surface area contributed by atoms with E-state index >= 15 is 0 Å². The molecule has 0 bridgehead atoms. The first-order valence-corrected chi connectivity index (χ1v) is 12.6. The molecule has 3 heterocycles. The topological polar surface area (TPSA) is 81.7 Å². The average Bonchev–Trinajstić information content (AvgIpc) is 2.92. The van der Waals surface area contributed by atoms with Crippen molar-refractivity contribution in [2.45, 2.75) is 51.9 Å². The average molecular weight is 484 g/mol. The minimum Gasteiger partial charge on any atom is -0.340 e. The van der Waals surface area contributed by atoms with Crippen LogP contribution in [0.1, 0.15) is 72.9 Å². The van der Waals surface area contributed by atoms with Gasteiger partial charge in [0.25, 0.3) is 5.91 Å². The van der Waals surface area contributed by atoms with Crippen LogP contribution in [0.25, 0.3) is 4.85 Å². The van der Waals surface area contributed by atoms with Crippen molar-refractivity contribution in [1.82, 2.24) is 14.8 Å². The van der Waals surface area contributed by atoms with Crippen LogP contribution in [0.15, 0.2) is 42.6 Å². The van der Waals surface area contributed by atoms with Gasteiger partial charge in [0.1, 0.15) is 5.69 Å². The van der Waals surface area contributed by atoms with Gasteiger partial charge in [0.05, 0.1) is 18.1 Å². The summed E-state index contributed by atoms with van der Waals surface area (Å²) in [4.78, 5) is 37.9. The first-order valence-electron chi connectivity index (χ1n) is 12.6. The molecule has 2 saturated heterocycles. The number of hydrogen-bond donors (Lipinski definition) is 0. The fourth-order valence-electron chi connectivity index (χ4n) is 5.42. The van der Waals surface area contributed by atoms with Crippen molar-refractivity contribution < 1.29 is 9.59 Å². The van der Waals surface area contributed by atoms with Gasteiger partial charge < -0.3 is 9.80 Å². The van der Waals surface area contributed by atoms with E-state index in [9.17, 15) is 14.9 Å². The molecule has 0 aliphatic carbocycles. The van der Waals surface area contributed by atoms with Crippen molar-refractivity contribution in [2.75, 3.05) is 26.2 Å². The number of amides is 2. The quantitative estimate of drug-likeness (QED) is 0.560. The first kappa shape index (κ1) is 25.4. The van der Waals surface area contributed by atoms with Gasteiger partial charge >= 0.3 is 0 Å². The maximum absolute atomic E-state index is 13.4. The molecule has 186 valence electrons. The lowest BCUT2D eigenvalue weighted by Crippen LogP contribution is -2.45. The standard InChI is InChI=1S/C29H33N5O2/c1-28(2,3)21-10-14-33(15-11-21)26(35)23-18-24(32-19-25(23)31-4)27(36)34-16-12-29(20-30,13-17-34)22-8-6-5-7-9-22/h5-9,18-19,21H,10-17H2,1-3H3. The summed E-state index contributed by atoms with van der Waals surface area (Å²) in [5, 5.41) is 9.94. The Bertz CT molecular complexity index is 1200. The van der Waals surface area contributed by atoms with Gasteiger partial charge in [-0.2, -0.15) is 5.26 Å². The van der Waals surface area contributed by atoms with Crippen LogP contribution in [0.3, 0.4) is 0 Å². The molecule has 2 aliphatic heterocycles. The molecule has 0 saturated carbocycles. The molecule has 1 aromatic heterocycles. The summed E-state index contributed by atoms with van der Waals surface area (Å²) in [5.41, 5.74) is 1.14. The van der Waals surface area contributed by atoms with Crippen LogP contribution in [0.4, 0.5) is 5.69 Å². The number of aromatic nitrogens is 1. The molecule has 36 heavy (non-hydrogen) atoms. The van der Waals surface area contributed by atoms with Crippen LogP contribution in [-0.2, 0) is 5.41 Å². The molecular formula is C29H33N5O2. The molecular weight excluding hydrogens is 450 g/mol. The molecule has 1 aromatic carbocycles. The van der Waals surface area contributed by atoms with Crippen LogP contribution >= 0.6 is 0 Å². The fourth-order valence-corrected chi connectivity index (χ4v) is 5.42. The van der Waals surface area contributed by atoms with E-state index < -0.39 is 5.41 Å². The van der Waals surface area contributed by atoms with E-state index in [1.807, 2.05) is 30.3 Å². The van der Waals surface area contributed by atoms with Crippen LogP contribution in [0, 0.1) is 29.2 Å². The summed E-state index contributed by atoms with van der Waals surface area (Å²) in [7, 11) is 0. The van der Waals surface area contributed by atoms with Crippen molar-refractivity contribution in [1.29, 1.82) is 5.26 Å².